The smallest absolute Gasteiger partial charge is 0.0924 e. The molecule has 0 saturated carbocycles. The largest absolute Gasteiger partial charge is 0.379 e. The summed E-state index contributed by atoms with van der Waals surface area (Å²) < 4.78 is 1.10. The number of halogens is 1. The van der Waals surface area contributed by atoms with E-state index in [0.717, 1.165) is 21.4 Å². The Morgan fingerprint density at radius 2 is 1.76 bits per heavy atom. The third kappa shape index (κ3) is 3.34. The Kier molecular flexibility index (Phi) is 4.06. The van der Waals surface area contributed by atoms with Crippen LogP contribution >= 0.6 is 15.9 Å². The number of anilines is 1. The molecule has 0 aliphatic rings. The topological polar surface area (TPSA) is 40.7 Å². The predicted molar refractivity (Wildman–Crippen MR) is 90.2 cm³/mol. The van der Waals surface area contributed by atoms with Gasteiger partial charge in [-0.25, -0.2) is 4.98 Å². The second kappa shape index (κ2) is 6.14. The normalized spacial score (nSPS) is 12.1. The van der Waals surface area contributed by atoms with Gasteiger partial charge in [-0.1, -0.05) is 40.2 Å². The Hall–Kier alpha value is -2.07. The van der Waals surface area contributed by atoms with E-state index >= 15 is 0 Å². The quantitative estimate of drug-likeness (QED) is 0.700. The van der Waals surface area contributed by atoms with Gasteiger partial charge in [0.05, 0.1) is 18.2 Å². The van der Waals surface area contributed by atoms with E-state index in [2.05, 4.69) is 86.7 Å². The van der Waals surface area contributed by atoms with E-state index in [4.69, 9.17) is 0 Å². The van der Waals surface area contributed by atoms with Crippen molar-refractivity contribution in [1.82, 2.24) is 9.97 Å². The number of rotatable bonds is 4. The van der Waals surface area contributed by atoms with Gasteiger partial charge in [-0.05, 0) is 42.3 Å². The molecule has 106 valence electrons. The van der Waals surface area contributed by atoms with Crippen LogP contribution in [0.1, 0.15) is 18.5 Å². The fraction of sp³-hybridized carbons (Fsp3) is 0.118. The molecule has 1 aromatic heterocycles. The standard InChI is InChI=1S/C17H16BrN3/c1-12(13-2-6-15(18)7-3-13)21-16-8-4-14(5-9-16)17-10-19-11-20-17/h2-12,21H,1H3,(H,19,20). The third-order valence-electron chi connectivity index (χ3n) is 3.45. The van der Waals surface area contributed by atoms with E-state index in [-0.39, 0.29) is 6.04 Å². The van der Waals surface area contributed by atoms with Crippen LogP contribution in [-0.2, 0) is 0 Å². The van der Waals surface area contributed by atoms with Gasteiger partial charge in [0.15, 0.2) is 0 Å². The molecule has 0 saturated heterocycles. The van der Waals surface area contributed by atoms with Gasteiger partial charge in [0.1, 0.15) is 0 Å². The molecule has 2 aromatic carbocycles. The van der Waals surface area contributed by atoms with E-state index in [1.807, 2.05) is 6.20 Å². The molecular formula is C17H16BrN3. The van der Waals surface area contributed by atoms with Crippen molar-refractivity contribution in [1.29, 1.82) is 0 Å². The highest BCUT2D eigenvalue weighted by molar-refractivity contribution is 9.10. The van der Waals surface area contributed by atoms with Crippen LogP contribution < -0.4 is 5.32 Å². The van der Waals surface area contributed by atoms with Crippen LogP contribution in [0.25, 0.3) is 11.3 Å². The van der Waals surface area contributed by atoms with Crippen LogP contribution in [0.15, 0.2) is 65.5 Å². The highest BCUT2D eigenvalue weighted by Gasteiger charge is 2.05. The average Bonchev–Trinajstić information content (AvgIpc) is 3.03. The lowest BCUT2D eigenvalue weighted by molar-refractivity contribution is 0.884. The Bertz CT molecular complexity index is 688. The van der Waals surface area contributed by atoms with E-state index in [1.54, 1.807) is 6.33 Å². The van der Waals surface area contributed by atoms with E-state index in [0.29, 0.717) is 0 Å². The number of aromatic amines is 1. The van der Waals surface area contributed by atoms with Crippen molar-refractivity contribution < 1.29 is 0 Å². The van der Waals surface area contributed by atoms with Crippen LogP contribution in [0.4, 0.5) is 5.69 Å². The third-order valence-corrected chi connectivity index (χ3v) is 3.98. The first-order valence-electron chi connectivity index (χ1n) is 6.83. The second-order valence-electron chi connectivity index (χ2n) is 4.96. The molecule has 3 aromatic rings. The molecular weight excluding hydrogens is 326 g/mol. The van der Waals surface area contributed by atoms with Gasteiger partial charge in [0.2, 0.25) is 0 Å². The van der Waals surface area contributed by atoms with E-state index in [1.165, 1.54) is 5.56 Å². The number of nitrogens with zero attached hydrogens (tertiary/aromatic N) is 1. The Morgan fingerprint density at radius 1 is 1.05 bits per heavy atom. The van der Waals surface area contributed by atoms with Gasteiger partial charge in [-0.15, -0.1) is 0 Å². The van der Waals surface area contributed by atoms with Crippen molar-refractivity contribution in [3.8, 4) is 11.3 Å². The van der Waals surface area contributed by atoms with Crippen molar-refractivity contribution in [3.63, 3.8) is 0 Å². The maximum Gasteiger partial charge on any atom is 0.0924 e. The molecule has 0 fully saturated rings. The molecule has 0 aliphatic heterocycles. The first kappa shape index (κ1) is 13.9. The summed E-state index contributed by atoms with van der Waals surface area (Å²) in [5.74, 6) is 0. The summed E-state index contributed by atoms with van der Waals surface area (Å²) in [5, 5.41) is 3.51. The Morgan fingerprint density at radius 3 is 2.38 bits per heavy atom. The minimum Gasteiger partial charge on any atom is -0.379 e. The molecule has 0 amide bonds. The zero-order valence-corrected chi connectivity index (χ0v) is 13.3. The van der Waals surface area contributed by atoms with Crippen LogP contribution in [-0.4, -0.2) is 9.97 Å². The average molecular weight is 342 g/mol. The number of nitrogens with one attached hydrogen (secondary N) is 2. The van der Waals surface area contributed by atoms with Gasteiger partial charge in [-0.2, -0.15) is 0 Å². The highest BCUT2D eigenvalue weighted by atomic mass is 79.9. The highest BCUT2D eigenvalue weighted by Crippen LogP contribution is 2.23. The summed E-state index contributed by atoms with van der Waals surface area (Å²) in [4.78, 5) is 7.15. The van der Waals surface area contributed by atoms with Gasteiger partial charge in [-0.3, -0.25) is 0 Å². The van der Waals surface area contributed by atoms with Crippen molar-refractivity contribution in [3.05, 3.63) is 71.1 Å². The maximum absolute atomic E-state index is 4.04. The molecule has 0 radical (unpaired) electrons. The molecule has 4 heteroatoms. The number of benzene rings is 2. The maximum atomic E-state index is 4.04. The summed E-state index contributed by atoms with van der Waals surface area (Å²) in [5.41, 5.74) is 4.53. The number of hydrogen-bond donors (Lipinski definition) is 2. The predicted octanol–water partition coefficient (Wildman–Crippen LogP) is 5.01. The first-order chi connectivity index (χ1) is 10.2. The van der Waals surface area contributed by atoms with Crippen molar-refractivity contribution >= 4 is 21.6 Å². The fourth-order valence-electron chi connectivity index (χ4n) is 2.24. The molecule has 1 heterocycles. The second-order valence-corrected chi connectivity index (χ2v) is 5.88. The number of imidazole rings is 1. The summed E-state index contributed by atoms with van der Waals surface area (Å²) in [6, 6.07) is 17.0. The van der Waals surface area contributed by atoms with E-state index in [9.17, 15) is 0 Å². The lowest BCUT2D eigenvalue weighted by Gasteiger charge is -2.16. The summed E-state index contributed by atoms with van der Waals surface area (Å²) in [7, 11) is 0. The molecule has 21 heavy (non-hydrogen) atoms. The summed E-state index contributed by atoms with van der Waals surface area (Å²) in [6.07, 6.45) is 3.52. The number of H-pyrrole nitrogens is 1. The van der Waals surface area contributed by atoms with Crippen LogP contribution in [0.3, 0.4) is 0 Å². The van der Waals surface area contributed by atoms with Gasteiger partial charge in [0, 0.05) is 16.2 Å². The number of aromatic nitrogens is 2. The lowest BCUT2D eigenvalue weighted by atomic mass is 10.1. The zero-order chi connectivity index (χ0) is 14.7. The molecule has 1 atom stereocenters. The minimum absolute atomic E-state index is 0.260. The SMILES string of the molecule is CC(Nc1ccc(-c2cnc[nH]2)cc1)c1ccc(Br)cc1. The fourth-order valence-corrected chi connectivity index (χ4v) is 2.51. The van der Waals surface area contributed by atoms with E-state index < -0.39 is 0 Å². The van der Waals surface area contributed by atoms with Gasteiger partial charge in [0.25, 0.3) is 0 Å². The van der Waals surface area contributed by atoms with Crippen molar-refractivity contribution in [2.75, 3.05) is 5.32 Å². The van der Waals surface area contributed by atoms with Gasteiger partial charge >= 0.3 is 0 Å². The van der Waals surface area contributed by atoms with Crippen LogP contribution in [0.5, 0.6) is 0 Å². The van der Waals surface area contributed by atoms with Crippen molar-refractivity contribution in [2.24, 2.45) is 0 Å². The first-order valence-corrected chi connectivity index (χ1v) is 7.62. The van der Waals surface area contributed by atoms with Gasteiger partial charge < -0.3 is 10.3 Å². The Balaban J connectivity index is 1.71. The molecule has 3 rings (SSSR count). The Labute approximate surface area is 132 Å². The van der Waals surface area contributed by atoms with Crippen LogP contribution in [0.2, 0.25) is 0 Å². The zero-order valence-electron chi connectivity index (χ0n) is 11.7. The molecule has 3 nitrogen and oxygen atoms in total. The molecule has 1 unspecified atom stereocenters. The molecule has 0 spiro atoms. The monoisotopic (exact) mass is 341 g/mol. The molecule has 0 bridgehead atoms. The van der Waals surface area contributed by atoms with Crippen molar-refractivity contribution in [2.45, 2.75) is 13.0 Å². The molecule has 0 aliphatic carbocycles. The minimum atomic E-state index is 0.260. The lowest BCUT2D eigenvalue weighted by Crippen LogP contribution is -2.06. The summed E-state index contributed by atoms with van der Waals surface area (Å²) >= 11 is 3.46. The van der Waals surface area contributed by atoms with Crippen LogP contribution in [0, 0.1) is 0 Å². The molecule has 2 N–H and O–H groups in total. The summed E-state index contributed by atoms with van der Waals surface area (Å²) in [6.45, 7) is 2.16. The number of hydrogen-bond acceptors (Lipinski definition) is 2.